The summed E-state index contributed by atoms with van der Waals surface area (Å²) in [6.45, 7) is 8.87. The summed E-state index contributed by atoms with van der Waals surface area (Å²) in [5, 5.41) is 16.1. The number of fused-ring (bicyclic) bond motifs is 2. The summed E-state index contributed by atoms with van der Waals surface area (Å²) in [6, 6.07) is 6.05. The zero-order chi connectivity index (χ0) is 19.5. The van der Waals surface area contributed by atoms with Crippen molar-refractivity contribution in [1.82, 2.24) is 24.5 Å². The highest BCUT2D eigenvalue weighted by atomic mass is 16.3. The second-order valence-electron chi connectivity index (χ2n) is 8.64. The lowest BCUT2D eigenvalue weighted by Gasteiger charge is -2.31. The van der Waals surface area contributed by atoms with Crippen LogP contribution in [0.1, 0.15) is 41.1 Å². The van der Waals surface area contributed by atoms with E-state index in [0.29, 0.717) is 5.92 Å². The number of aromatic nitrogens is 4. The van der Waals surface area contributed by atoms with Crippen LogP contribution >= 0.6 is 0 Å². The monoisotopic (exact) mass is 377 g/mol. The van der Waals surface area contributed by atoms with Crippen molar-refractivity contribution in [3.63, 3.8) is 0 Å². The van der Waals surface area contributed by atoms with Gasteiger partial charge in [0.2, 0.25) is 0 Å². The molecule has 5 rings (SSSR count). The van der Waals surface area contributed by atoms with Gasteiger partial charge in [-0.1, -0.05) is 6.07 Å². The Hall–Kier alpha value is -2.31. The quantitative estimate of drug-likeness (QED) is 0.760. The first-order valence-corrected chi connectivity index (χ1v) is 10.1. The Morgan fingerprint density at radius 1 is 1.25 bits per heavy atom. The maximum atomic E-state index is 11.6. The Labute approximate surface area is 165 Å². The van der Waals surface area contributed by atoms with Crippen LogP contribution in [0.15, 0.2) is 30.6 Å². The summed E-state index contributed by atoms with van der Waals surface area (Å²) >= 11 is 0. The van der Waals surface area contributed by atoms with Crippen molar-refractivity contribution in [2.75, 3.05) is 13.1 Å². The van der Waals surface area contributed by atoms with Crippen LogP contribution in [-0.2, 0) is 12.1 Å². The van der Waals surface area contributed by atoms with Gasteiger partial charge in [-0.25, -0.2) is 9.50 Å². The van der Waals surface area contributed by atoms with Gasteiger partial charge in [0, 0.05) is 48.7 Å². The third kappa shape index (κ3) is 2.66. The average Bonchev–Trinajstić information content (AvgIpc) is 3.32. The van der Waals surface area contributed by atoms with Crippen molar-refractivity contribution in [1.29, 1.82) is 0 Å². The maximum absolute atomic E-state index is 11.6. The van der Waals surface area contributed by atoms with Crippen LogP contribution in [0, 0.1) is 32.6 Å². The van der Waals surface area contributed by atoms with Crippen LogP contribution in [0.4, 0.5) is 0 Å². The van der Waals surface area contributed by atoms with Gasteiger partial charge in [0.1, 0.15) is 5.60 Å². The third-order valence-corrected chi connectivity index (χ3v) is 6.69. The Bertz CT molecular complexity index is 1040. The fraction of sp³-hybridized carbons (Fsp3) is 0.500. The molecule has 6 heteroatoms. The van der Waals surface area contributed by atoms with E-state index < -0.39 is 5.60 Å². The molecular formula is C22H27N5O. The summed E-state index contributed by atoms with van der Waals surface area (Å²) in [5.41, 5.74) is 5.37. The molecule has 3 aromatic rings. The van der Waals surface area contributed by atoms with Gasteiger partial charge in [0.05, 0.1) is 11.9 Å². The lowest BCUT2D eigenvalue weighted by molar-refractivity contribution is -0.0114. The highest BCUT2D eigenvalue weighted by Gasteiger charge is 2.53. The van der Waals surface area contributed by atoms with E-state index in [1.54, 1.807) is 6.20 Å². The molecule has 2 aliphatic rings. The SMILES string of the molecule is Cc1cc(C)n2ncc(CN3C[C@@H]4CC[C@@](O)(c5ncccc5C)[C@H]4C3)c2n1. The van der Waals surface area contributed by atoms with Crippen LogP contribution in [-0.4, -0.2) is 42.7 Å². The minimum Gasteiger partial charge on any atom is -0.383 e. The van der Waals surface area contributed by atoms with Crippen LogP contribution in [0.2, 0.25) is 0 Å². The van der Waals surface area contributed by atoms with Crippen molar-refractivity contribution in [2.24, 2.45) is 11.8 Å². The molecule has 3 atom stereocenters. The molecule has 0 radical (unpaired) electrons. The van der Waals surface area contributed by atoms with E-state index in [9.17, 15) is 5.11 Å². The first-order valence-electron chi connectivity index (χ1n) is 10.1. The first-order chi connectivity index (χ1) is 13.5. The Kier molecular flexibility index (Phi) is 4.03. The van der Waals surface area contributed by atoms with Gasteiger partial charge in [-0.05, 0) is 57.2 Å². The summed E-state index contributed by atoms with van der Waals surface area (Å²) in [4.78, 5) is 11.7. The molecule has 4 heterocycles. The van der Waals surface area contributed by atoms with Gasteiger partial charge in [0.25, 0.3) is 0 Å². The predicted molar refractivity (Wildman–Crippen MR) is 107 cm³/mol. The van der Waals surface area contributed by atoms with Crippen LogP contribution in [0.25, 0.3) is 5.65 Å². The number of aliphatic hydroxyl groups is 1. The van der Waals surface area contributed by atoms with E-state index in [2.05, 4.69) is 41.0 Å². The molecule has 0 aromatic carbocycles. The van der Waals surface area contributed by atoms with E-state index in [1.165, 1.54) is 0 Å². The average molecular weight is 377 g/mol. The smallest absolute Gasteiger partial charge is 0.159 e. The highest BCUT2D eigenvalue weighted by Crippen LogP contribution is 2.50. The van der Waals surface area contributed by atoms with Crippen molar-refractivity contribution >= 4 is 5.65 Å². The molecule has 1 N–H and O–H groups in total. The molecule has 28 heavy (non-hydrogen) atoms. The Balaban J connectivity index is 1.40. The van der Waals surface area contributed by atoms with E-state index in [0.717, 1.165) is 66.3 Å². The number of pyridine rings is 1. The van der Waals surface area contributed by atoms with Crippen molar-refractivity contribution in [3.05, 3.63) is 58.8 Å². The van der Waals surface area contributed by atoms with Gasteiger partial charge in [-0.15, -0.1) is 0 Å². The molecule has 1 saturated carbocycles. The van der Waals surface area contributed by atoms with Crippen LogP contribution in [0.5, 0.6) is 0 Å². The zero-order valence-corrected chi connectivity index (χ0v) is 16.8. The van der Waals surface area contributed by atoms with Gasteiger partial charge in [0.15, 0.2) is 5.65 Å². The normalized spacial score (nSPS) is 27.6. The minimum absolute atomic E-state index is 0.236. The van der Waals surface area contributed by atoms with E-state index in [-0.39, 0.29) is 5.92 Å². The fourth-order valence-electron chi connectivity index (χ4n) is 5.42. The molecule has 3 aromatic heterocycles. The largest absolute Gasteiger partial charge is 0.383 e. The molecule has 1 aliphatic heterocycles. The van der Waals surface area contributed by atoms with E-state index >= 15 is 0 Å². The molecular weight excluding hydrogens is 350 g/mol. The number of hydrogen-bond donors (Lipinski definition) is 1. The molecule has 0 spiro atoms. The molecule has 0 unspecified atom stereocenters. The van der Waals surface area contributed by atoms with Gasteiger partial charge in [-0.2, -0.15) is 5.10 Å². The lowest BCUT2D eigenvalue weighted by atomic mass is 9.83. The standard InChI is InChI=1S/C22H27N5O/c1-14-5-4-8-23-20(14)22(28)7-6-17-11-26(13-19(17)22)12-18-10-24-27-16(3)9-15(2)25-21(18)27/h4-5,8-10,17,19,28H,6-7,11-13H2,1-3H3/t17-,19-,22-/m0/s1. The maximum Gasteiger partial charge on any atom is 0.159 e. The summed E-state index contributed by atoms with van der Waals surface area (Å²) < 4.78 is 1.92. The van der Waals surface area contributed by atoms with Gasteiger partial charge in [-0.3, -0.25) is 9.88 Å². The number of nitrogens with zero attached hydrogens (tertiary/aromatic N) is 5. The zero-order valence-electron chi connectivity index (χ0n) is 16.8. The minimum atomic E-state index is -0.808. The number of likely N-dealkylation sites (tertiary alicyclic amines) is 1. The second kappa shape index (κ2) is 6.36. The predicted octanol–water partition coefficient (Wildman–Crippen LogP) is 2.78. The van der Waals surface area contributed by atoms with Crippen molar-refractivity contribution in [3.8, 4) is 0 Å². The summed E-state index contributed by atoms with van der Waals surface area (Å²) in [5.74, 6) is 0.754. The molecule has 0 amide bonds. The van der Waals surface area contributed by atoms with Crippen LogP contribution in [0.3, 0.4) is 0 Å². The molecule has 2 fully saturated rings. The molecule has 0 bridgehead atoms. The van der Waals surface area contributed by atoms with Crippen molar-refractivity contribution in [2.45, 2.75) is 45.8 Å². The third-order valence-electron chi connectivity index (χ3n) is 6.69. The number of hydrogen-bond acceptors (Lipinski definition) is 5. The van der Waals surface area contributed by atoms with E-state index in [1.807, 2.05) is 23.7 Å². The van der Waals surface area contributed by atoms with Crippen molar-refractivity contribution < 1.29 is 5.11 Å². The van der Waals surface area contributed by atoms with Crippen LogP contribution < -0.4 is 0 Å². The highest BCUT2D eigenvalue weighted by molar-refractivity contribution is 5.48. The summed E-state index contributed by atoms with van der Waals surface area (Å²) in [7, 11) is 0. The number of rotatable bonds is 3. The van der Waals surface area contributed by atoms with E-state index in [4.69, 9.17) is 4.98 Å². The molecule has 6 nitrogen and oxygen atoms in total. The Morgan fingerprint density at radius 2 is 2.11 bits per heavy atom. The van der Waals surface area contributed by atoms with Gasteiger partial charge >= 0.3 is 0 Å². The Morgan fingerprint density at radius 3 is 2.93 bits per heavy atom. The van der Waals surface area contributed by atoms with Gasteiger partial charge < -0.3 is 5.11 Å². The molecule has 1 saturated heterocycles. The molecule has 146 valence electrons. The first kappa shape index (κ1) is 17.8. The number of aryl methyl sites for hydroxylation is 3. The fourth-order valence-corrected chi connectivity index (χ4v) is 5.42. The lowest BCUT2D eigenvalue weighted by Crippen LogP contribution is -2.36. The second-order valence-corrected chi connectivity index (χ2v) is 8.64. The molecule has 1 aliphatic carbocycles. The summed E-state index contributed by atoms with van der Waals surface area (Å²) in [6.07, 6.45) is 5.61. The topological polar surface area (TPSA) is 66.5 Å².